The van der Waals surface area contributed by atoms with Crippen molar-refractivity contribution in [1.82, 2.24) is 19.9 Å². The van der Waals surface area contributed by atoms with E-state index in [0.717, 1.165) is 45.1 Å². The zero-order chi connectivity index (χ0) is 14.9. The van der Waals surface area contributed by atoms with Crippen molar-refractivity contribution in [2.75, 3.05) is 0 Å². The standard InChI is InChI=1S/C18H18N4/c1-2-3-4-7-15-21-14-11-20-13-9-8-12-6-5-10-19-17(12)16(13)18(14)22-15/h5-6,8-11H,2-4,7H2,1H3,(H,21,22). The lowest BCUT2D eigenvalue weighted by atomic mass is 10.1. The molecule has 4 aromatic rings. The molecule has 0 radical (unpaired) electrons. The Kier molecular flexibility index (Phi) is 3.22. The van der Waals surface area contributed by atoms with E-state index in [0.29, 0.717) is 0 Å². The minimum atomic E-state index is 0.928. The van der Waals surface area contributed by atoms with Crippen molar-refractivity contribution in [2.45, 2.75) is 32.6 Å². The number of aryl methyl sites for hydroxylation is 1. The van der Waals surface area contributed by atoms with Crippen molar-refractivity contribution in [3.05, 3.63) is 42.5 Å². The number of fused-ring (bicyclic) bond motifs is 5. The van der Waals surface area contributed by atoms with Crippen LogP contribution < -0.4 is 0 Å². The second kappa shape index (κ2) is 5.37. The first kappa shape index (κ1) is 13.2. The van der Waals surface area contributed by atoms with Gasteiger partial charge in [0.15, 0.2) is 0 Å². The van der Waals surface area contributed by atoms with E-state index in [9.17, 15) is 0 Å². The van der Waals surface area contributed by atoms with Crippen molar-refractivity contribution in [3.63, 3.8) is 0 Å². The van der Waals surface area contributed by atoms with Crippen LogP contribution in [0.15, 0.2) is 36.7 Å². The first-order chi connectivity index (χ1) is 10.9. The highest BCUT2D eigenvalue weighted by Gasteiger charge is 2.11. The SMILES string of the molecule is CCCCCc1nc2cnc3ccc4cccnc4c3c2[nH]1. The Morgan fingerprint density at radius 1 is 1.05 bits per heavy atom. The Hall–Kier alpha value is -2.49. The van der Waals surface area contributed by atoms with E-state index in [1.54, 1.807) is 0 Å². The Labute approximate surface area is 128 Å². The maximum Gasteiger partial charge on any atom is 0.108 e. The van der Waals surface area contributed by atoms with Crippen molar-refractivity contribution >= 4 is 32.8 Å². The monoisotopic (exact) mass is 290 g/mol. The zero-order valence-electron chi connectivity index (χ0n) is 12.6. The molecule has 0 bridgehead atoms. The number of unbranched alkanes of at least 4 members (excludes halogenated alkanes) is 2. The number of pyridine rings is 2. The van der Waals surface area contributed by atoms with E-state index >= 15 is 0 Å². The van der Waals surface area contributed by atoms with E-state index in [4.69, 9.17) is 4.98 Å². The van der Waals surface area contributed by atoms with E-state index in [1.165, 1.54) is 19.3 Å². The normalized spacial score (nSPS) is 11.7. The lowest BCUT2D eigenvalue weighted by molar-refractivity contribution is 0.700. The van der Waals surface area contributed by atoms with Gasteiger partial charge >= 0.3 is 0 Å². The molecule has 3 heterocycles. The summed E-state index contributed by atoms with van der Waals surface area (Å²) < 4.78 is 0. The lowest BCUT2D eigenvalue weighted by Crippen LogP contribution is -1.87. The third-order valence-electron chi connectivity index (χ3n) is 4.13. The quantitative estimate of drug-likeness (QED) is 0.448. The number of nitrogens with one attached hydrogen (secondary N) is 1. The number of imidazole rings is 1. The first-order valence-electron chi connectivity index (χ1n) is 7.88. The van der Waals surface area contributed by atoms with Gasteiger partial charge in [0.2, 0.25) is 0 Å². The summed E-state index contributed by atoms with van der Waals surface area (Å²) in [5.74, 6) is 1.05. The molecular weight excluding hydrogens is 272 g/mol. The predicted molar refractivity (Wildman–Crippen MR) is 89.9 cm³/mol. The second-order valence-electron chi connectivity index (χ2n) is 5.69. The number of rotatable bonds is 4. The minimum absolute atomic E-state index is 0.928. The Balaban J connectivity index is 1.94. The Morgan fingerprint density at radius 3 is 2.91 bits per heavy atom. The van der Waals surface area contributed by atoms with Crippen LogP contribution in [0.3, 0.4) is 0 Å². The molecule has 22 heavy (non-hydrogen) atoms. The van der Waals surface area contributed by atoms with Crippen LogP contribution in [0.2, 0.25) is 0 Å². The number of benzene rings is 1. The molecule has 3 aromatic heterocycles. The number of hydrogen-bond donors (Lipinski definition) is 1. The molecule has 1 N–H and O–H groups in total. The van der Waals surface area contributed by atoms with Crippen LogP contribution in [0.25, 0.3) is 32.8 Å². The summed E-state index contributed by atoms with van der Waals surface area (Å²) in [6.07, 6.45) is 8.30. The fourth-order valence-electron chi connectivity index (χ4n) is 3.00. The zero-order valence-corrected chi connectivity index (χ0v) is 12.6. The summed E-state index contributed by atoms with van der Waals surface area (Å²) >= 11 is 0. The highest BCUT2D eigenvalue weighted by molar-refractivity contribution is 6.15. The number of H-pyrrole nitrogens is 1. The molecule has 0 amide bonds. The molecule has 0 saturated carbocycles. The van der Waals surface area contributed by atoms with Gasteiger partial charge in [-0.2, -0.15) is 0 Å². The molecule has 0 unspecified atom stereocenters. The average molecular weight is 290 g/mol. The van der Waals surface area contributed by atoms with Crippen LogP contribution in [0.5, 0.6) is 0 Å². The second-order valence-corrected chi connectivity index (χ2v) is 5.69. The molecule has 1 aromatic carbocycles. The van der Waals surface area contributed by atoms with Crippen molar-refractivity contribution in [1.29, 1.82) is 0 Å². The van der Waals surface area contributed by atoms with Gasteiger partial charge in [-0.05, 0) is 18.6 Å². The van der Waals surface area contributed by atoms with Crippen LogP contribution >= 0.6 is 0 Å². The Bertz CT molecular complexity index is 955. The van der Waals surface area contributed by atoms with Gasteiger partial charge in [0.25, 0.3) is 0 Å². The molecule has 4 rings (SSSR count). The molecule has 110 valence electrons. The summed E-state index contributed by atoms with van der Waals surface area (Å²) in [7, 11) is 0. The third kappa shape index (κ3) is 2.11. The van der Waals surface area contributed by atoms with Crippen molar-refractivity contribution in [2.24, 2.45) is 0 Å². The average Bonchev–Trinajstić information content (AvgIpc) is 2.97. The van der Waals surface area contributed by atoms with Crippen LogP contribution in [0, 0.1) is 0 Å². The topological polar surface area (TPSA) is 54.5 Å². The first-order valence-corrected chi connectivity index (χ1v) is 7.88. The van der Waals surface area contributed by atoms with Crippen LogP contribution in [0.1, 0.15) is 32.0 Å². The maximum absolute atomic E-state index is 4.70. The molecule has 0 atom stereocenters. The van der Waals surface area contributed by atoms with Crippen LogP contribution in [0.4, 0.5) is 0 Å². The molecule has 0 saturated heterocycles. The summed E-state index contributed by atoms with van der Waals surface area (Å²) in [6, 6.07) is 8.17. The molecule has 4 heteroatoms. The highest BCUT2D eigenvalue weighted by Crippen LogP contribution is 2.28. The van der Waals surface area contributed by atoms with Crippen molar-refractivity contribution < 1.29 is 0 Å². The van der Waals surface area contributed by atoms with Gasteiger partial charge < -0.3 is 4.98 Å². The smallest absolute Gasteiger partial charge is 0.108 e. The summed E-state index contributed by atoms with van der Waals surface area (Å²) in [5.41, 5.74) is 3.93. The minimum Gasteiger partial charge on any atom is -0.341 e. The maximum atomic E-state index is 4.70. The van der Waals surface area contributed by atoms with E-state index < -0.39 is 0 Å². The largest absolute Gasteiger partial charge is 0.341 e. The molecule has 4 nitrogen and oxygen atoms in total. The number of aromatic amines is 1. The Morgan fingerprint density at radius 2 is 2.00 bits per heavy atom. The predicted octanol–water partition coefficient (Wildman–Crippen LogP) is 4.39. The molecular formula is C18H18N4. The van der Waals surface area contributed by atoms with Gasteiger partial charge in [0, 0.05) is 18.0 Å². The third-order valence-corrected chi connectivity index (χ3v) is 4.13. The number of nitrogens with zero attached hydrogens (tertiary/aromatic N) is 3. The molecule has 0 aliphatic heterocycles. The molecule has 0 fully saturated rings. The van der Waals surface area contributed by atoms with Gasteiger partial charge in [0.1, 0.15) is 11.3 Å². The van der Waals surface area contributed by atoms with Crippen molar-refractivity contribution in [3.8, 4) is 0 Å². The number of aromatic nitrogens is 4. The summed E-state index contributed by atoms with van der Waals surface area (Å²) in [4.78, 5) is 17.3. The molecule has 0 spiro atoms. The van der Waals surface area contributed by atoms with Gasteiger partial charge in [-0.15, -0.1) is 0 Å². The van der Waals surface area contributed by atoms with E-state index in [1.807, 2.05) is 18.5 Å². The lowest BCUT2D eigenvalue weighted by Gasteiger charge is -2.02. The molecule has 0 aliphatic carbocycles. The number of hydrogen-bond acceptors (Lipinski definition) is 3. The molecule has 0 aliphatic rings. The van der Waals surface area contributed by atoms with Gasteiger partial charge in [-0.3, -0.25) is 9.97 Å². The van der Waals surface area contributed by atoms with Gasteiger partial charge in [-0.1, -0.05) is 31.9 Å². The highest BCUT2D eigenvalue weighted by atomic mass is 14.9. The summed E-state index contributed by atoms with van der Waals surface area (Å²) in [6.45, 7) is 2.22. The fraction of sp³-hybridized carbons (Fsp3) is 0.278. The van der Waals surface area contributed by atoms with E-state index in [2.05, 4.69) is 40.1 Å². The van der Waals surface area contributed by atoms with Crippen LogP contribution in [-0.2, 0) is 6.42 Å². The van der Waals surface area contributed by atoms with Gasteiger partial charge in [0.05, 0.1) is 28.1 Å². The van der Waals surface area contributed by atoms with E-state index in [-0.39, 0.29) is 0 Å². The summed E-state index contributed by atoms with van der Waals surface area (Å²) in [5, 5.41) is 2.20. The fourth-order valence-corrected chi connectivity index (χ4v) is 3.00. The van der Waals surface area contributed by atoms with Gasteiger partial charge in [-0.25, -0.2) is 4.98 Å². The van der Waals surface area contributed by atoms with Crippen LogP contribution in [-0.4, -0.2) is 19.9 Å².